The molecule has 0 bridgehead atoms. The Labute approximate surface area is 461 Å². The van der Waals surface area contributed by atoms with Crippen molar-refractivity contribution in [3.8, 4) is 0 Å². The highest BCUT2D eigenvalue weighted by atomic mass is 16.2. The van der Waals surface area contributed by atoms with Crippen molar-refractivity contribution in [1.82, 2.24) is 46.6 Å². The third-order valence-corrected chi connectivity index (χ3v) is 16.0. The third-order valence-electron chi connectivity index (χ3n) is 16.0. The molecule has 1 saturated heterocycles. The van der Waals surface area contributed by atoms with Crippen molar-refractivity contribution in [2.24, 2.45) is 10.8 Å². The van der Waals surface area contributed by atoms with E-state index in [0.29, 0.717) is 12.0 Å². The standard InChI is InChI=1S/C62H83N9O7/c1-12-49(42-22-14-13-15-23-42)69(58(76)51-33-44-24-16-17-25-45(44)36-70(51)59(77)52(61(4,5)6)67-54(72)38(2)63-10)35-40-29-31-43(32-30-40)56(74)65-46-34-50(57(75)66-48-28-20-26-41-21-18-19-27-47(41)48)71(37-46)60(78)53(62(7,8)9)68-55(73)39(3)64-11/h13-19,21-25,27,29-32,38-39,46,48-53,63-64H,12,20,26,28,33-37H2,1-11H3,(H,65,74)(H,66,75)(H,67,72)(H,68,73)/t38-,39-,46-,48+,49+,50-,51-,52+,53+/m0/s1. The Bertz CT molecular complexity index is 2790. The van der Waals surface area contributed by atoms with Gasteiger partial charge in [0.05, 0.1) is 24.2 Å². The fourth-order valence-electron chi connectivity index (χ4n) is 11.1. The largest absolute Gasteiger partial charge is 0.347 e. The zero-order valence-corrected chi connectivity index (χ0v) is 47.6. The molecule has 0 unspecified atom stereocenters. The van der Waals surface area contributed by atoms with Gasteiger partial charge in [0, 0.05) is 37.7 Å². The maximum atomic E-state index is 15.6. The first-order valence-electron chi connectivity index (χ1n) is 27.8. The number of carbonyl (C=O) groups is 7. The lowest BCUT2D eigenvalue weighted by Gasteiger charge is -2.44. The number of hydrogen-bond donors (Lipinski definition) is 6. The van der Waals surface area contributed by atoms with Gasteiger partial charge in [0.2, 0.25) is 35.4 Å². The highest BCUT2D eigenvalue weighted by Gasteiger charge is 2.47. The van der Waals surface area contributed by atoms with Crippen molar-refractivity contribution in [3.05, 3.63) is 142 Å². The molecule has 7 rings (SSSR count). The van der Waals surface area contributed by atoms with Crippen LogP contribution in [0.4, 0.5) is 0 Å². The van der Waals surface area contributed by atoms with Gasteiger partial charge in [0.1, 0.15) is 24.2 Å². The lowest BCUT2D eigenvalue weighted by Crippen LogP contribution is -2.62. The molecular formula is C62H83N9O7. The number of carbonyl (C=O) groups excluding carboxylic acids is 7. The molecule has 0 saturated carbocycles. The molecule has 1 aliphatic carbocycles. The first kappa shape index (κ1) is 58.8. The van der Waals surface area contributed by atoms with Gasteiger partial charge < -0.3 is 46.6 Å². The highest BCUT2D eigenvalue weighted by Crippen LogP contribution is 2.35. The van der Waals surface area contributed by atoms with Crippen LogP contribution in [0.5, 0.6) is 0 Å². The van der Waals surface area contributed by atoms with E-state index in [2.05, 4.69) is 38.0 Å². The van der Waals surface area contributed by atoms with Gasteiger partial charge in [-0.2, -0.15) is 0 Å². The van der Waals surface area contributed by atoms with Crippen LogP contribution in [0.2, 0.25) is 0 Å². The molecule has 16 nitrogen and oxygen atoms in total. The zero-order chi connectivity index (χ0) is 56.6. The van der Waals surface area contributed by atoms with Crippen LogP contribution in [0.1, 0.15) is 144 Å². The average Bonchev–Trinajstić information content (AvgIpc) is 3.86. The number of aryl methyl sites for hydroxylation is 1. The lowest BCUT2D eigenvalue weighted by molar-refractivity contribution is -0.152. The minimum absolute atomic E-state index is 0.0457. The lowest BCUT2D eigenvalue weighted by atomic mass is 9.84. The molecule has 0 aromatic heterocycles. The third kappa shape index (κ3) is 13.7. The van der Waals surface area contributed by atoms with Crippen LogP contribution in [0.15, 0.2) is 103 Å². The molecule has 7 amide bonds. The quantitative estimate of drug-likeness (QED) is 0.0663. The normalized spacial score (nSPS) is 20.1. The van der Waals surface area contributed by atoms with E-state index in [1.807, 2.05) is 138 Å². The van der Waals surface area contributed by atoms with Gasteiger partial charge in [-0.3, -0.25) is 33.6 Å². The molecule has 4 aromatic rings. The minimum Gasteiger partial charge on any atom is -0.347 e. The van der Waals surface area contributed by atoms with Gasteiger partial charge in [0.25, 0.3) is 5.91 Å². The molecule has 4 aromatic carbocycles. The fourth-order valence-corrected chi connectivity index (χ4v) is 11.1. The van der Waals surface area contributed by atoms with E-state index in [0.717, 1.165) is 47.1 Å². The zero-order valence-electron chi connectivity index (χ0n) is 47.6. The van der Waals surface area contributed by atoms with E-state index >= 15 is 9.59 Å². The molecule has 418 valence electrons. The second-order valence-electron chi connectivity index (χ2n) is 23.7. The van der Waals surface area contributed by atoms with Crippen LogP contribution < -0.4 is 31.9 Å². The summed E-state index contributed by atoms with van der Waals surface area (Å²) in [6.45, 7) is 17.2. The summed E-state index contributed by atoms with van der Waals surface area (Å²) in [5, 5.41) is 18.2. The van der Waals surface area contributed by atoms with Crippen molar-refractivity contribution < 1.29 is 33.6 Å². The maximum Gasteiger partial charge on any atom is 0.251 e. The number of likely N-dealkylation sites (N-methyl/N-ethyl adjacent to an activating group) is 2. The summed E-state index contributed by atoms with van der Waals surface area (Å²) in [6, 6.07) is 26.8. The van der Waals surface area contributed by atoms with Gasteiger partial charge in [-0.25, -0.2) is 0 Å². The average molecular weight is 1070 g/mol. The van der Waals surface area contributed by atoms with E-state index < -0.39 is 64.9 Å². The van der Waals surface area contributed by atoms with Crippen LogP contribution in [0, 0.1) is 10.8 Å². The monoisotopic (exact) mass is 1070 g/mol. The number of nitrogens with one attached hydrogen (secondary N) is 6. The molecule has 2 aliphatic heterocycles. The number of nitrogens with zero attached hydrogens (tertiary/aromatic N) is 3. The van der Waals surface area contributed by atoms with E-state index in [4.69, 9.17) is 0 Å². The number of benzene rings is 4. The maximum absolute atomic E-state index is 15.6. The summed E-state index contributed by atoms with van der Waals surface area (Å²) in [6.07, 6.45) is 3.58. The summed E-state index contributed by atoms with van der Waals surface area (Å²) in [5.74, 6) is -2.37. The van der Waals surface area contributed by atoms with Crippen LogP contribution in [0.3, 0.4) is 0 Å². The number of fused-ring (bicyclic) bond motifs is 2. The Balaban J connectivity index is 1.15. The van der Waals surface area contributed by atoms with Crippen molar-refractivity contribution in [2.75, 3.05) is 20.6 Å². The molecule has 0 spiro atoms. The number of likely N-dealkylation sites (tertiary alicyclic amines) is 1. The minimum atomic E-state index is -0.966. The second-order valence-corrected chi connectivity index (χ2v) is 23.7. The van der Waals surface area contributed by atoms with Crippen molar-refractivity contribution >= 4 is 41.4 Å². The Morgan fingerprint density at radius 1 is 0.654 bits per heavy atom. The number of hydrogen-bond acceptors (Lipinski definition) is 9. The van der Waals surface area contributed by atoms with Crippen LogP contribution in [-0.4, -0.2) is 119 Å². The molecule has 78 heavy (non-hydrogen) atoms. The van der Waals surface area contributed by atoms with Crippen LogP contribution in [0.25, 0.3) is 0 Å². The number of rotatable bonds is 18. The molecule has 16 heteroatoms. The molecule has 0 radical (unpaired) electrons. The van der Waals surface area contributed by atoms with E-state index in [-0.39, 0.29) is 74.1 Å². The van der Waals surface area contributed by atoms with Gasteiger partial charge in [0.15, 0.2) is 0 Å². The van der Waals surface area contributed by atoms with Crippen LogP contribution >= 0.6 is 0 Å². The van der Waals surface area contributed by atoms with Crippen molar-refractivity contribution in [2.45, 2.75) is 168 Å². The molecule has 1 fully saturated rings. The van der Waals surface area contributed by atoms with E-state index in [1.54, 1.807) is 45.0 Å². The highest BCUT2D eigenvalue weighted by molar-refractivity contribution is 5.97. The molecule has 2 heterocycles. The summed E-state index contributed by atoms with van der Waals surface area (Å²) in [5.41, 5.74) is 4.77. The van der Waals surface area contributed by atoms with E-state index in [9.17, 15) is 24.0 Å². The summed E-state index contributed by atoms with van der Waals surface area (Å²) < 4.78 is 0. The predicted octanol–water partition coefficient (Wildman–Crippen LogP) is 6.29. The Morgan fingerprint density at radius 3 is 1.78 bits per heavy atom. The second kappa shape index (κ2) is 25.3. The Morgan fingerprint density at radius 2 is 1.21 bits per heavy atom. The SMILES string of the molecule is CC[C@H](c1ccccc1)N(Cc1ccc(C(=O)N[C@H]2C[C@@H](C(=O)N[C@@H]3CCCc4ccccc43)N(C(=O)[C@@H](NC(=O)[C@H](C)NC)C(C)(C)C)C2)cc1)C(=O)[C@@H]1Cc2ccccc2CN1C(=O)[C@@H](NC(=O)[C@H](C)NC)C(C)(C)C. The molecular weight excluding hydrogens is 983 g/mol. The van der Waals surface area contributed by atoms with Crippen molar-refractivity contribution in [1.29, 1.82) is 0 Å². The van der Waals surface area contributed by atoms with Gasteiger partial charge in [-0.15, -0.1) is 0 Å². The first-order chi connectivity index (χ1) is 37.0. The smallest absolute Gasteiger partial charge is 0.251 e. The van der Waals surface area contributed by atoms with Gasteiger partial charge in [-0.05, 0) is 116 Å². The summed E-state index contributed by atoms with van der Waals surface area (Å²) >= 11 is 0. The van der Waals surface area contributed by atoms with Crippen LogP contribution in [-0.2, 0) is 54.7 Å². The first-order valence-corrected chi connectivity index (χ1v) is 27.8. The van der Waals surface area contributed by atoms with Crippen molar-refractivity contribution in [3.63, 3.8) is 0 Å². The van der Waals surface area contributed by atoms with Gasteiger partial charge in [-0.1, -0.05) is 139 Å². The fraction of sp³-hybridized carbons (Fsp3) is 0.500. The van der Waals surface area contributed by atoms with Gasteiger partial charge >= 0.3 is 0 Å². The molecule has 9 atom stereocenters. The number of amides is 7. The Kier molecular flexibility index (Phi) is 19.0. The predicted molar refractivity (Wildman–Crippen MR) is 302 cm³/mol. The molecule has 6 N–H and O–H groups in total. The summed E-state index contributed by atoms with van der Waals surface area (Å²) in [7, 11) is 3.36. The molecule has 3 aliphatic rings. The van der Waals surface area contributed by atoms with E-state index in [1.165, 1.54) is 10.5 Å². The Hall–Kier alpha value is -6.91. The topological polar surface area (TPSA) is 201 Å². The summed E-state index contributed by atoms with van der Waals surface area (Å²) in [4.78, 5) is 106.